The summed E-state index contributed by atoms with van der Waals surface area (Å²) in [7, 11) is 1.38. The van der Waals surface area contributed by atoms with Crippen molar-refractivity contribution in [2.24, 2.45) is 0 Å². The molecule has 0 unspecified atom stereocenters. The predicted octanol–water partition coefficient (Wildman–Crippen LogP) is 4.74. The summed E-state index contributed by atoms with van der Waals surface area (Å²) in [6.07, 6.45) is 1.44. The van der Waals surface area contributed by atoms with E-state index in [4.69, 9.17) is 4.74 Å². The van der Waals surface area contributed by atoms with E-state index in [0.29, 0.717) is 26.3 Å². The lowest BCUT2D eigenvalue weighted by Crippen LogP contribution is -2.36. The number of rotatable bonds is 5. The molecule has 0 bridgehead atoms. The van der Waals surface area contributed by atoms with E-state index in [1.807, 2.05) is 0 Å². The molecule has 0 aliphatic carbocycles. The summed E-state index contributed by atoms with van der Waals surface area (Å²) >= 11 is 7.20. The number of thioether (sulfide) groups is 1. The van der Waals surface area contributed by atoms with Crippen molar-refractivity contribution < 1.29 is 28.6 Å². The summed E-state index contributed by atoms with van der Waals surface area (Å²) < 4.78 is 19.5. The molecule has 1 aliphatic heterocycles. The van der Waals surface area contributed by atoms with E-state index in [2.05, 4.69) is 37.2 Å². The van der Waals surface area contributed by atoms with Gasteiger partial charge in [-0.05, 0) is 73.5 Å². The number of methoxy groups -OCH3 is 1. The molecule has 11 heteroatoms. The molecule has 1 saturated heterocycles. The number of ether oxygens (including phenoxy) is 1. The Balaban J connectivity index is 1.80. The Morgan fingerprint density at radius 1 is 1.30 bits per heavy atom. The molecule has 3 rings (SSSR count). The van der Waals surface area contributed by atoms with E-state index in [0.717, 1.165) is 4.90 Å². The molecule has 0 radical (unpaired) electrons. The summed E-state index contributed by atoms with van der Waals surface area (Å²) in [5.41, 5.74) is 0.424. The minimum atomic E-state index is -0.709. The average Bonchev–Trinajstić information content (AvgIpc) is 2.97. The van der Waals surface area contributed by atoms with Crippen LogP contribution in [0.15, 0.2) is 44.2 Å². The summed E-state index contributed by atoms with van der Waals surface area (Å²) in [4.78, 5) is 37.9. The van der Waals surface area contributed by atoms with E-state index in [1.165, 1.54) is 37.5 Å². The smallest absolute Gasteiger partial charge is 0.294 e. The molecule has 1 fully saturated rings. The maximum atomic E-state index is 13.7. The fourth-order valence-electron chi connectivity index (χ4n) is 2.55. The van der Waals surface area contributed by atoms with Gasteiger partial charge in [0.15, 0.2) is 11.5 Å². The average molecular weight is 560 g/mol. The largest absolute Gasteiger partial charge is 0.503 e. The number of hydrogen-bond donors (Lipinski definition) is 2. The van der Waals surface area contributed by atoms with Gasteiger partial charge in [0.1, 0.15) is 12.4 Å². The van der Waals surface area contributed by atoms with Gasteiger partial charge in [-0.3, -0.25) is 19.3 Å². The number of phenols is 1. The molecule has 0 spiro atoms. The van der Waals surface area contributed by atoms with Gasteiger partial charge in [-0.25, -0.2) is 4.39 Å². The number of carbonyl (C=O) groups is 3. The molecule has 156 valence electrons. The van der Waals surface area contributed by atoms with Crippen LogP contribution in [0.4, 0.5) is 14.9 Å². The molecule has 2 N–H and O–H groups in total. The maximum Gasteiger partial charge on any atom is 0.294 e. The van der Waals surface area contributed by atoms with E-state index in [9.17, 15) is 23.9 Å². The minimum absolute atomic E-state index is 0.0463. The molecule has 0 atom stereocenters. The van der Waals surface area contributed by atoms with Gasteiger partial charge in [-0.15, -0.1) is 0 Å². The zero-order valence-corrected chi connectivity index (χ0v) is 19.2. The second-order valence-electron chi connectivity index (χ2n) is 5.94. The first-order valence-electron chi connectivity index (χ1n) is 8.27. The molecule has 2 aromatic carbocycles. The molecular weight excluding hydrogens is 547 g/mol. The van der Waals surface area contributed by atoms with E-state index >= 15 is 0 Å². The van der Waals surface area contributed by atoms with Crippen molar-refractivity contribution in [3.63, 3.8) is 0 Å². The first-order chi connectivity index (χ1) is 14.2. The Bertz CT molecular complexity index is 1090. The van der Waals surface area contributed by atoms with Gasteiger partial charge in [-0.1, -0.05) is 12.1 Å². The normalized spacial score (nSPS) is 15.1. The van der Waals surface area contributed by atoms with Crippen LogP contribution in [0, 0.1) is 5.82 Å². The minimum Gasteiger partial charge on any atom is -0.503 e. The predicted molar refractivity (Wildman–Crippen MR) is 118 cm³/mol. The van der Waals surface area contributed by atoms with Gasteiger partial charge in [0.05, 0.1) is 22.2 Å². The van der Waals surface area contributed by atoms with Crippen LogP contribution in [0.5, 0.6) is 11.5 Å². The molecule has 0 saturated carbocycles. The van der Waals surface area contributed by atoms with Crippen molar-refractivity contribution >= 4 is 72.4 Å². The Labute approximate surface area is 191 Å². The fraction of sp³-hybridized carbons (Fsp3) is 0.105. The van der Waals surface area contributed by atoms with Crippen LogP contribution in [0.3, 0.4) is 0 Å². The van der Waals surface area contributed by atoms with Crippen molar-refractivity contribution in [2.45, 2.75) is 0 Å². The highest BCUT2D eigenvalue weighted by Crippen LogP contribution is 2.43. The number of imide groups is 1. The number of hydrogen-bond acceptors (Lipinski definition) is 6. The van der Waals surface area contributed by atoms with E-state index in [1.54, 1.807) is 6.07 Å². The third-order valence-electron chi connectivity index (χ3n) is 4.00. The lowest BCUT2D eigenvalue weighted by atomic mass is 10.2. The van der Waals surface area contributed by atoms with Crippen LogP contribution in [0.1, 0.15) is 5.56 Å². The standard InChI is InChI=1S/C19H13Br2FN2O5S/c1-29-12-6-9(15(20)16(21)17(12)26)7-13-18(27)24(19(28)30-13)8-14(25)23-11-5-3-2-4-10(11)22/h2-7,26H,8H2,1H3,(H,23,25)/b13-7-. The third-order valence-corrected chi connectivity index (χ3v) is 7.07. The lowest BCUT2D eigenvalue weighted by molar-refractivity contribution is -0.127. The van der Waals surface area contributed by atoms with Crippen molar-refractivity contribution in [1.82, 2.24) is 4.90 Å². The SMILES string of the molecule is COc1cc(/C=C2\SC(=O)N(CC(=O)Nc3ccccc3F)C2=O)c(Br)c(Br)c1O. The van der Waals surface area contributed by atoms with Crippen LogP contribution in [-0.2, 0) is 9.59 Å². The van der Waals surface area contributed by atoms with Crippen molar-refractivity contribution in [1.29, 1.82) is 0 Å². The lowest BCUT2D eigenvalue weighted by Gasteiger charge is -2.13. The number of halogens is 3. The second-order valence-corrected chi connectivity index (χ2v) is 8.52. The molecule has 1 aliphatic rings. The number of carbonyl (C=O) groups excluding carboxylic acids is 3. The van der Waals surface area contributed by atoms with Gasteiger partial charge in [-0.2, -0.15) is 0 Å². The monoisotopic (exact) mass is 558 g/mol. The van der Waals surface area contributed by atoms with Crippen molar-refractivity contribution in [2.75, 3.05) is 19.0 Å². The molecule has 0 aromatic heterocycles. The van der Waals surface area contributed by atoms with Crippen LogP contribution >= 0.6 is 43.6 Å². The molecule has 1 heterocycles. The highest BCUT2D eigenvalue weighted by Gasteiger charge is 2.36. The molecular formula is C19H13Br2FN2O5S. The number of anilines is 1. The molecule has 7 nitrogen and oxygen atoms in total. The first kappa shape index (κ1) is 22.3. The van der Waals surface area contributed by atoms with E-state index < -0.39 is 29.4 Å². The highest BCUT2D eigenvalue weighted by molar-refractivity contribution is 9.13. The quantitative estimate of drug-likeness (QED) is 0.514. The number of amides is 3. The van der Waals surface area contributed by atoms with Gasteiger partial charge in [0.2, 0.25) is 5.91 Å². The summed E-state index contributed by atoms with van der Waals surface area (Å²) in [5, 5.41) is 11.7. The Morgan fingerprint density at radius 3 is 2.67 bits per heavy atom. The number of nitrogens with zero attached hydrogens (tertiary/aromatic N) is 1. The third kappa shape index (κ3) is 4.52. The van der Waals surface area contributed by atoms with Crippen LogP contribution in [0.2, 0.25) is 0 Å². The number of phenolic OH excluding ortho intramolecular Hbond substituents is 1. The molecule has 2 aromatic rings. The van der Waals surface area contributed by atoms with Crippen molar-refractivity contribution in [3.8, 4) is 11.5 Å². The molecule has 30 heavy (non-hydrogen) atoms. The topological polar surface area (TPSA) is 95.9 Å². The van der Waals surface area contributed by atoms with Crippen LogP contribution in [0.25, 0.3) is 6.08 Å². The first-order valence-corrected chi connectivity index (χ1v) is 10.7. The number of aromatic hydroxyl groups is 1. The highest BCUT2D eigenvalue weighted by atomic mass is 79.9. The van der Waals surface area contributed by atoms with Crippen LogP contribution in [-0.4, -0.2) is 40.7 Å². The summed E-state index contributed by atoms with van der Waals surface area (Å²) in [6.45, 7) is -0.555. The molecule has 3 amide bonds. The number of nitrogens with one attached hydrogen (secondary N) is 1. The Hall–Kier alpha value is -2.37. The fourth-order valence-corrected chi connectivity index (χ4v) is 4.22. The van der Waals surface area contributed by atoms with E-state index in [-0.39, 0.29) is 22.1 Å². The Kier molecular flexibility index (Phi) is 6.84. The number of para-hydroxylation sites is 1. The van der Waals surface area contributed by atoms with Gasteiger partial charge in [0, 0.05) is 4.47 Å². The zero-order valence-electron chi connectivity index (χ0n) is 15.2. The second kappa shape index (κ2) is 9.19. The number of benzene rings is 2. The van der Waals surface area contributed by atoms with Crippen molar-refractivity contribution in [3.05, 3.63) is 55.6 Å². The van der Waals surface area contributed by atoms with Crippen LogP contribution < -0.4 is 10.1 Å². The van der Waals surface area contributed by atoms with Gasteiger partial charge < -0.3 is 15.2 Å². The zero-order chi connectivity index (χ0) is 22.0. The maximum absolute atomic E-state index is 13.7. The van der Waals surface area contributed by atoms with Gasteiger partial charge in [0.25, 0.3) is 11.1 Å². The Morgan fingerprint density at radius 2 is 2.00 bits per heavy atom. The summed E-state index contributed by atoms with van der Waals surface area (Å²) in [5.74, 6) is -1.96. The summed E-state index contributed by atoms with van der Waals surface area (Å²) in [6, 6.07) is 7.06. The van der Waals surface area contributed by atoms with Gasteiger partial charge >= 0.3 is 0 Å².